The van der Waals surface area contributed by atoms with E-state index in [2.05, 4.69) is 156 Å². The molecule has 8 aromatic carbocycles. The van der Waals surface area contributed by atoms with Crippen LogP contribution in [0.4, 0.5) is 26.3 Å². The summed E-state index contributed by atoms with van der Waals surface area (Å²) in [6, 6.07) is 59.5. The van der Waals surface area contributed by atoms with E-state index in [9.17, 15) is 50.3 Å². The van der Waals surface area contributed by atoms with Crippen LogP contribution < -0.4 is 0 Å². The third-order valence-electron chi connectivity index (χ3n) is 16.6. The normalized spacial score (nSPS) is 11.0. The zero-order valence-electron chi connectivity index (χ0n) is 61.7. The number of aryl methyl sites for hydroxylation is 8. The predicted octanol–water partition coefficient (Wildman–Crippen LogP) is 25.4. The lowest BCUT2D eigenvalue weighted by Crippen LogP contribution is -2.11. The highest BCUT2D eigenvalue weighted by atomic mass is 19.4. The molecule has 0 radical (unpaired) electrons. The van der Waals surface area contributed by atoms with Crippen LogP contribution in [0, 0.1) is 13.8 Å². The number of carbonyl (C=O) groups is 5. The van der Waals surface area contributed by atoms with Crippen LogP contribution in [0.1, 0.15) is 230 Å². The average Bonchev–Trinajstić information content (AvgIpc) is 0.821. The van der Waals surface area contributed by atoms with Crippen molar-refractivity contribution < 1.29 is 50.3 Å². The summed E-state index contributed by atoms with van der Waals surface area (Å²) in [7, 11) is 0. The largest absolute Gasteiger partial charge is 0.393 e. The number of hydrogen-bond acceptors (Lipinski definition) is 5. The molecule has 0 atom stereocenters. The monoisotopic (exact) mass is 1380 g/mol. The molecule has 0 aliphatic heterocycles. The van der Waals surface area contributed by atoms with Crippen LogP contribution >= 0.6 is 0 Å². The molecule has 0 unspecified atom stereocenters. The van der Waals surface area contributed by atoms with Crippen LogP contribution in [-0.4, -0.2) is 41.3 Å². The first-order valence-electron chi connectivity index (χ1n) is 36.1. The van der Waals surface area contributed by atoms with E-state index in [1.165, 1.54) is 178 Å². The summed E-state index contributed by atoms with van der Waals surface area (Å²) in [5, 5.41) is 1.48. The van der Waals surface area contributed by atoms with Gasteiger partial charge in [0.05, 0.1) is 6.42 Å². The van der Waals surface area contributed by atoms with Gasteiger partial charge in [-0.1, -0.05) is 284 Å². The second-order valence-electron chi connectivity index (χ2n) is 26.3. The SMILES string of the molecule is CC(=O)/C=C/c1ccc(CCC(F)(F)F)cc1.CC(=O)c1ccc2cc(CC(F)(F)F)ccc2c1.CCCCCCCCc1ccc(CCC(C)=O)cc1.CCCCCCc1ccc(/C=C/C(C)=O)cc1.CCCCCc1ccc(CCC(C)=O)cc1.Cc1ccc(-c2ccc(C)cc2)cc1. The summed E-state index contributed by atoms with van der Waals surface area (Å²) >= 11 is 0. The number of ketones is 5. The van der Waals surface area contributed by atoms with E-state index < -0.39 is 25.2 Å². The van der Waals surface area contributed by atoms with Crippen LogP contribution in [0.15, 0.2) is 194 Å². The molecule has 0 saturated carbocycles. The Labute approximate surface area is 600 Å². The van der Waals surface area contributed by atoms with Gasteiger partial charge in [-0.3, -0.25) is 14.4 Å². The Hall–Kier alpha value is -8.57. The Morgan fingerprint density at radius 2 is 0.653 bits per heavy atom. The molecule has 0 N–H and O–H groups in total. The number of unbranched alkanes of at least 4 members (excludes halogenated alkanes) is 10. The maximum atomic E-state index is 12.3. The van der Waals surface area contributed by atoms with Crippen molar-refractivity contribution >= 4 is 51.8 Å². The van der Waals surface area contributed by atoms with Gasteiger partial charge in [-0.2, -0.15) is 26.3 Å². The number of allylic oxidation sites excluding steroid dienone is 2. The van der Waals surface area contributed by atoms with Gasteiger partial charge in [0.2, 0.25) is 0 Å². The van der Waals surface area contributed by atoms with Gasteiger partial charge in [-0.15, -0.1) is 0 Å². The van der Waals surface area contributed by atoms with Crippen molar-refractivity contribution in [3.05, 3.63) is 261 Å². The topological polar surface area (TPSA) is 85.3 Å². The molecule has 8 rings (SSSR count). The van der Waals surface area contributed by atoms with E-state index in [0.29, 0.717) is 29.4 Å². The van der Waals surface area contributed by atoms with Gasteiger partial charge in [-0.25, -0.2) is 0 Å². The lowest BCUT2D eigenvalue weighted by atomic mass is 10.0. The molecule has 0 spiro atoms. The molecule has 0 aliphatic carbocycles. The summed E-state index contributed by atoms with van der Waals surface area (Å²) in [4.78, 5) is 54.5. The molecule has 11 heteroatoms. The molecule has 5 nitrogen and oxygen atoms in total. The summed E-state index contributed by atoms with van der Waals surface area (Å²) < 4.78 is 72.7. The highest BCUT2D eigenvalue weighted by Gasteiger charge is 2.28. The first-order valence-corrected chi connectivity index (χ1v) is 36.1. The molecule has 0 fully saturated rings. The molecule has 0 heterocycles. The number of rotatable bonds is 31. The van der Waals surface area contributed by atoms with Gasteiger partial charge in [0.15, 0.2) is 17.3 Å². The minimum atomic E-state index is -4.20. The highest BCUT2D eigenvalue weighted by molar-refractivity contribution is 5.98. The fourth-order valence-electron chi connectivity index (χ4n) is 10.5. The molecular weight excluding hydrogens is 1270 g/mol. The molecule has 0 amide bonds. The van der Waals surface area contributed by atoms with E-state index in [-0.39, 0.29) is 40.9 Å². The van der Waals surface area contributed by atoms with Crippen LogP contribution in [0.2, 0.25) is 0 Å². The average molecular weight is 1390 g/mol. The van der Waals surface area contributed by atoms with Gasteiger partial charge in [0.25, 0.3) is 0 Å². The summed E-state index contributed by atoms with van der Waals surface area (Å²) in [5.74, 6) is 0.513. The van der Waals surface area contributed by atoms with Crippen molar-refractivity contribution in [2.24, 2.45) is 0 Å². The Bertz CT molecular complexity index is 3660. The summed E-state index contributed by atoms with van der Waals surface area (Å²) in [6.45, 7) is 18.7. The number of hydrogen-bond donors (Lipinski definition) is 0. The Balaban J connectivity index is 0.000000316. The summed E-state index contributed by atoms with van der Waals surface area (Å²) in [5.41, 5.74) is 15.3. The number of halogens is 6. The first-order chi connectivity index (χ1) is 48.1. The van der Waals surface area contributed by atoms with Crippen molar-refractivity contribution in [1.82, 2.24) is 0 Å². The molecule has 542 valence electrons. The maximum Gasteiger partial charge on any atom is 0.393 e. The number of Topliss-reactive ketones (excluding diaryl/α,β-unsaturated/α-hetero) is 3. The summed E-state index contributed by atoms with van der Waals surface area (Å²) in [6.07, 6.45) is 20.3. The Morgan fingerprint density at radius 3 is 1.02 bits per heavy atom. The molecule has 0 saturated heterocycles. The van der Waals surface area contributed by atoms with Gasteiger partial charge in [0, 0.05) is 24.8 Å². The van der Waals surface area contributed by atoms with E-state index in [1.807, 2.05) is 6.08 Å². The number of fused-ring (bicyclic) bond motifs is 1. The lowest BCUT2D eigenvalue weighted by molar-refractivity contribution is -0.134. The van der Waals surface area contributed by atoms with E-state index in [0.717, 1.165) is 35.8 Å². The molecule has 8 aromatic rings. The minimum Gasteiger partial charge on any atom is -0.300 e. The standard InChI is InChI=1S/C18H28O.C16H22O.C15H22O.C14H11F3O.C14H14.C13H13F3O/c1-3-4-5-6-7-8-9-17-12-14-18(15-13-17)11-10-16(2)19;1-3-4-5-6-7-15-10-12-16(13-11-15)9-8-14(2)17;1-3-4-5-6-14-9-11-15(12-10-14)8-7-13(2)16;1-9(18)11-4-5-12-6-10(8-14(15,16)17)2-3-13(12)7-11;1-11-3-7-13(8-4-11)14-9-5-12(2)6-10-14;1-10(17)2-3-11-4-6-12(7-5-11)8-9-13(14,15)16/h12-15H,3-11H2,1-2H3;8-13H,3-7H2,1-2H3;9-12H,3-8H2,1-2H3;2-7H,8H2,1H3;3-10H,1-2H3;2-7H,8-9H2,1H3/b;9-8+;;;;3-2+. The van der Waals surface area contributed by atoms with Gasteiger partial charge >= 0.3 is 12.4 Å². The Kier molecular flexibility index (Phi) is 42.1. The maximum absolute atomic E-state index is 12.3. The molecular formula is C90H110F6O5. The zero-order chi connectivity index (χ0) is 74.4. The second kappa shape index (κ2) is 49.1. The van der Waals surface area contributed by atoms with E-state index >= 15 is 0 Å². The van der Waals surface area contributed by atoms with Crippen molar-refractivity contribution in [1.29, 1.82) is 0 Å². The smallest absolute Gasteiger partial charge is 0.300 e. The van der Waals surface area contributed by atoms with Gasteiger partial charge < -0.3 is 9.59 Å². The van der Waals surface area contributed by atoms with Crippen molar-refractivity contribution in [2.45, 2.75) is 229 Å². The lowest BCUT2D eigenvalue weighted by Gasteiger charge is -2.08. The molecule has 0 aromatic heterocycles. The van der Waals surface area contributed by atoms with Crippen molar-refractivity contribution in [3.8, 4) is 11.1 Å². The van der Waals surface area contributed by atoms with E-state index in [1.54, 1.807) is 81.5 Å². The quantitative estimate of drug-likeness (QED) is 0.0187. The van der Waals surface area contributed by atoms with Crippen LogP contribution in [0.25, 0.3) is 34.1 Å². The zero-order valence-corrected chi connectivity index (χ0v) is 61.7. The van der Waals surface area contributed by atoms with Crippen LogP contribution in [0.5, 0.6) is 0 Å². The molecule has 0 bridgehead atoms. The minimum absolute atomic E-state index is 0.0137. The second-order valence-corrected chi connectivity index (χ2v) is 26.3. The van der Waals surface area contributed by atoms with Gasteiger partial charge in [-0.05, 0) is 196 Å². The van der Waals surface area contributed by atoms with Crippen molar-refractivity contribution in [3.63, 3.8) is 0 Å². The number of benzene rings is 8. The van der Waals surface area contributed by atoms with Crippen LogP contribution in [0.3, 0.4) is 0 Å². The fourth-order valence-corrected chi connectivity index (χ4v) is 10.5. The predicted molar refractivity (Wildman–Crippen MR) is 411 cm³/mol. The Morgan fingerprint density at radius 1 is 0.337 bits per heavy atom. The number of alkyl halides is 6. The highest BCUT2D eigenvalue weighted by Crippen LogP contribution is 2.26. The van der Waals surface area contributed by atoms with Crippen LogP contribution in [-0.2, 0) is 64.1 Å². The first kappa shape index (κ1) is 86.7. The fraction of sp³-hybridized carbons (Fsp3) is 0.389. The third kappa shape index (κ3) is 42.3. The van der Waals surface area contributed by atoms with E-state index in [4.69, 9.17) is 0 Å². The molecule has 101 heavy (non-hydrogen) atoms. The van der Waals surface area contributed by atoms with Gasteiger partial charge in [0.1, 0.15) is 11.6 Å². The third-order valence-corrected chi connectivity index (χ3v) is 16.6. The molecule has 0 aliphatic rings. The number of carbonyl (C=O) groups excluding carboxylic acids is 5. The van der Waals surface area contributed by atoms with Crippen molar-refractivity contribution in [2.75, 3.05) is 0 Å².